The summed E-state index contributed by atoms with van der Waals surface area (Å²) >= 11 is 0. The van der Waals surface area contributed by atoms with Crippen molar-refractivity contribution in [3.05, 3.63) is 0 Å². The van der Waals surface area contributed by atoms with Crippen LogP contribution in [0.4, 0.5) is 0 Å². The lowest BCUT2D eigenvalue weighted by Gasteiger charge is -2.45. The summed E-state index contributed by atoms with van der Waals surface area (Å²) in [4.78, 5) is 2.26. The van der Waals surface area contributed by atoms with E-state index in [4.69, 9.17) is 0 Å². The Morgan fingerprint density at radius 3 is 2.57 bits per heavy atom. The second-order valence-electron chi connectivity index (χ2n) is 5.63. The van der Waals surface area contributed by atoms with Gasteiger partial charge >= 0.3 is 0 Å². The lowest BCUT2D eigenvalue weighted by molar-refractivity contribution is 0.0584. The maximum atomic E-state index is 9.26. The van der Waals surface area contributed by atoms with Crippen molar-refractivity contribution in [2.24, 2.45) is 10.8 Å². The molecular formula is C12H20N2. The Kier molecular flexibility index (Phi) is 2.12. The molecule has 0 bridgehead atoms. The summed E-state index contributed by atoms with van der Waals surface area (Å²) < 4.78 is 0. The van der Waals surface area contributed by atoms with Gasteiger partial charge in [-0.1, -0.05) is 26.7 Å². The summed E-state index contributed by atoms with van der Waals surface area (Å²) in [5.41, 5.74) is 0.606. The molecule has 0 amide bonds. The van der Waals surface area contributed by atoms with Gasteiger partial charge in [0.2, 0.25) is 0 Å². The fourth-order valence-corrected chi connectivity index (χ4v) is 3.69. The maximum Gasteiger partial charge on any atom is 0.104 e. The molecule has 2 fully saturated rings. The normalized spacial score (nSPS) is 48.6. The van der Waals surface area contributed by atoms with Gasteiger partial charge < -0.3 is 0 Å². The zero-order valence-corrected chi connectivity index (χ0v) is 9.51. The van der Waals surface area contributed by atoms with Crippen molar-refractivity contribution in [2.45, 2.75) is 45.6 Å². The number of fused-ring (bicyclic) bond motifs is 1. The molecule has 0 aromatic rings. The molecule has 2 rings (SSSR count). The Hall–Kier alpha value is -0.550. The standard InChI is InChI=1S/C12H20N2/c1-11-6-4-5-7-12(11,2)10(8-13)14(3)9-11/h10H,4-7,9H2,1-3H3/t10?,11-,12+/m0/s1. The zero-order chi connectivity index (χ0) is 10.4. The predicted molar refractivity (Wildman–Crippen MR) is 56.7 cm³/mol. The highest BCUT2D eigenvalue weighted by molar-refractivity contribution is 5.16. The third-order valence-corrected chi connectivity index (χ3v) is 4.82. The lowest BCUT2D eigenvalue weighted by Crippen LogP contribution is -2.43. The van der Waals surface area contributed by atoms with Crippen molar-refractivity contribution in [1.29, 1.82) is 5.26 Å². The molecule has 0 aromatic heterocycles. The minimum absolute atomic E-state index is 0.132. The van der Waals surface area contributed by atoms with Crippen LogP contribution in [-0.4, -0.2) is 24.5 Å². The fraction of sp³-hybridized carbons (Fsp3) is 0.917. The Morgan fingerprint density at radius 2 is 1.93 bits per heavy atom. The molecule has 2 heteroatoms. The Morgan fingerprint density at radius 1 is 1.29 bits per heavy atom. The van der Waals surface area contributed by atoms with E-state index < -0.39 is 0 Å². The molecule has 2 aliphatic rings. The number of hydrogen-bond donors (Lipinski definition) is 0. The van der Waals surface area contributed by atoms with Gasteiger partial charge in [-0.15, -0.1) is 0 Å². The van der Waals surface area contributed by atoms with E-state index in [2.05, 4.69) is 31.9 Å². The Labute approximate surface area is 86.9 Å². The van der Waals surface area contributed by atoms with E-state index in [0.717, 1.165) is 6.54 Å². The van der Waals surface area contributed by atoms with Gasteiger partial charge in [0.1, 0.15) is 6.04 Å². The van der Waals surface area contributed by atoms with Crippen LogP contribution in [0.1, 0.15) is 39.5 Å². The van der Waals surface area contributed by atoms with E-state index in [9.17, 15) is 5.26 Å². The molecule has 14 heavy (non-hydrogen) atoms. The summed E-state index contributed by atoms with van der Waals surface area (Å²) in [6, 6.07) is 2.64. The molecule has 2 nitrogen and oxygen atoms in total. The summed E-state index contributed by atoms with van der Waals surface area (Å²) in [5.74, 6) is 0. The molecule has 1 heterocycles. The van der Waals surface area contributed by atoms with Crippen molar-refractivity contribution < 1.29 is 0 Å². The largest absolute Gasteiger partial charge is 0.290 e. The summed E-state index contributed by atoms with van der Waals surface area (Å²) in [6.45, 7) is 5.80. The van der Waals surface area contributed by atoms with Crippen molar-refractivity contribution in [1.82, 2.24) is 4.90 Å². The molecule has 1 saturated heterocycles. The molecule has 78 valence electrons. The molecule has 0 spiro atoms. The third kappa shape index (κ3) is 1.05. The van der Waals surface area contributed by atoms with Gasteiger partial charge in [-0.3, -0.25) is 4.90 Å². The van der Waals surface area contributed by atoms with E-state index in [1.165, 1.54) is 25.7 Å². The molecule has 1 unspecified atom stereocenters. The maximum absolute atomic E-state index is 9.26. The highest BCUT2D eigenvalue weighted by atomic mass is 15.2. The van der Waals surface area contributed by atoms with Gasteiger partial charge in [0.15, 0.2) is 0 Å². The van der Waals surface area contributed by atoms with E-state index >= 15 is 0 Å². The van der Waals surface area contributed by atoms with Gasteiger partial charge in [0.05, 0.1) is 6.07 Å². The number of nitrogens with zero attached hydrogens (tertiary/aromatic N) is 2. The van der Waals surface area contributed by atoms with Gasteiger partial charge in [-0.2, -0.15) is 5.26 Å². The number of rotatable bonds is 0. The topological polar surface area (TPSA) is 27.0 Å². The van der Waals surface area contributed by atoms with Crippen molar-refractivity contribution >= 4 is 0 Å². The first-order valence-corrected chi connectivity index (χ1v) is 5.63. The SMILES string of the molecule is CN1C[C@]2(C)CCCC[C@]2(C)C1C#N. The van der Waals surface area contributed by atoms with Crippen molar-refractivity contribution in [3.63, 3.8) is 0 Å². The molecule has 1 aliphatic carbocycles. The van der Waals surface area contributed by atoms with E-state index in [1.54, 1.807) is 0 Å². The minimum Gasteiger partial charge on any atom is -0.290 e. The van der Waals surface area contributed by atoms with Crippen LogP contribution >= 0.6 is 0 Å². The molecule has 1 saturated carbocycles. The fourth-order valence-electron chi connectivity index (χ4n) is 3.69. The highest BCUT2D eigenvalue weighted by Gasteiger charge is 2.57. The first-order chi connectivity index (χ1) is 6.53. The molecule has 3 atom stereocenters. The lowest BCUT2D eigenvalue weighted by atomic mass is 9.57. The van der Waals surface area contributed by atoms with E-state index in [-0.39, 0.29) is 11.5 Å². The molecule has 1 aliphatic heterocycles. The average molecular weight is 192 g/mol. The van der Waals surface area contributed by atoms with Crippen LogP contribution in [-0.2, 0) is 0 Å². The average Bonchev–Trinajstić information content (AvgIpc) is 2.31. The van der Waals surface area contributed by atoms with Crippen LogP contribution in [0.15, 0.2) is 0 Å². The second-order valence-corrected chi connectivity index (χ2v) is 5.63. The first-order valence-electron chi connectivity index (χ1n) is 5.63. The van der Waals surface area contributed by atoms with Crippen molar-refractivity contribution in [2.75, 3.05) is 13.6 Å². The smallest absolute Gasteiger partial charge is 0.104 e. The van der Waals surface area contributed by atoms with Gasteiger partial charge in [0.25, 0.3) is 0 Å². The zero-order valence-electron chi connectivity index (χ0n) is 9.51. The first kappa shape index (κ1) is 9.98. The monoisotopic (exact) mass is 192 g/mol. The minimum atomic E-state index is 0.132. The van der Waals surface area contributed by atoms with Gasteiger partial charge in [-0.05, 0) is 25.3 Å². The number of likely N-dealkylation sites (tertiary alicyclic amines) is 1. The van der Waals surface area contributed by atoms with Crippen LogP contribution in [0, 0.1) is 22.2 Å². The van der Waals surface area contributed by atoms with E-state index in [0.29, 0.717) is 5.41 Å². The van der Waals surface area contributed by atoms with Crippen LogP contribution in [0.5, 0.6) is 0 Å². The number of hydrogen-bond acceptors (Lipinski definition) is 2. The van der Waals surface area contributed by atoms with E-state index in [1.807, 2.05) is 0 Å². The van der Waals surface area contributed by atoms with Gasteiger partial charge in [0, 0.05) is 12.0 Å². The second kappa shape index (κ2) is 2.97. The summed E-state index contributed by atoms with van der Waals surface area (Å²) in [7, 11) is 2.10. The van der Waals surface area contributed by atoms with Crippen LogP contribution in [0.2, 0.25) is 0 Å². The summed E-state index contributed by atoms with van der Waals surface area (Å²) in [5, 5.41) is 9.26. The molecule has 0 radical (unpaired) electrons. The quantitative estimate of drug-likeness (QED) is 0.589. The Bertz CT molecular complexity index is 281. The van der Waals surface area contributed by atoms with Crippen LogP contribution in [0.25, 0.3) is 0 Å². The highest BCUT2D eigenvalue weighted by Crippen LogP contribution is 2.57. The Balaban J connectivity index is 2.38. The molecule has 0 aromatic carbocycles. The summed E-state index contributed by atoms with van der Waals surface area (Å²) in [6.07, 6.45) is 5.17. The van der Waals surface area contributed by atoms with Crippen molar-refractivity contribution in [3.8, 4) is 6.07 Å². The molecular weight excluding hydrogens is 172 g/mol. The van der Waals surface area contributed by atoms with Crippen LogP contribution < -0.4 is 0 Å². The molecule has 0 N–H and O–H groups in total. The van der Waals surface area contributed by atoms with Gasteiger partial charge in [-0.25, -0.2) is 0 Å². The number of nitriles is 1. The van der Waals surface area contributed by atoms with Crippen LogP contribution in [0.3, 0.4) is 0 Å². The predicted octanol–water partition coefficient (Wildman–Crippen LogP) is 2.41. The third-order valence-electron chi connectivity index (χ3n) is 4.82.